The Labute approximate surface area is 155 Å². The van der Waals surface area contributed by atoms with Gasteiger partial charge in [-0.05, 0) is 50.6 Å². The molecule has 1 unspecified atom stereocenters. The largest absolute Gasteiger partial charge is 0.497 e. The van der Waals surface area contributed by atoms with Crippen molar-refractivity contribution >= 4 is 5.78 Å². The van der Waals surface area contributed by atoms with Gasteiger partial charge in [-0.25, -0.2) is 0 Å². The maximum absolute atomic E-state index is 13.1. The van der Waals surface area contributed by atoms with Gasteiger partial charge in [0.25, 0.3) is 0 Å². The third-order valence-corrected chi connectivity index (χ3v) is 4.88. The van der Waals surface area contributed by atoms with Crippen LogP contribution in [0.25, 0.3) is 0 Å². The first-order chi connectivity index (χ1) is 12.6. The van der Waals surface area contributed by atoms with E-state index in [0.29, 0.717) is 17.1 Å². The number of aromatic nitrogens is 1. The van der Waals surface area contributed by atoms with Crippen molar-refractivity contribution in [1.82, 2.24) is 9.88 Å². The minimum absolute atomic E-state index is 0.0177. The number of benzene rings is 1. The Bertz CT molecular complexity index is 776. The molecule has 0 bridgehead atoms. The summed E-state index contributed by atoms with van der Waals surface area (Å²) in [5.74, 6) is 1.39. The first kappa shape index (κ1) is 18.4. The predicted octanol–water partition coefficient (Wildman–Crippen LogP) is 3.50. The summed E-state index contributed by atoms with van der Waals surface area (Å²) in [4.78, 5) is 20.0. The normalized spacial score (nSPS) is 17.7. The van der Waals surface area contributed by atoms with Gasteiger partial charge in [0.15, 0.2) is 5.78 Å². The second-order valence-corrected chi connectivity index (χ2v) is 6.78. The van der Waals surface area contributed by atoms with Gasteiger partial charge in [-0.1, -0.05) is 6.07 Å². The van der Waals surface area contributed by atoms with Crippen molar-refractivity contribution in [3.8, 4) is 11.5 Å². The fraction of sp³-hybridized carbons (Fsp3) is 0.429. The van der Waals surface area contributed by atoms with Crippen molar-refractivity contribution in [3.05, 3.63) is 53.3 Å². The van der Waals surface area contributed by atoms with Gasteiger partial charge in [-0.3, -0.25) is 14.7 Å². The number of nitrogens with zero attached hydrogens (tertiary/aromatic N) is 2. The summed E-state index contributed by atoms with van der Waals surface area (Å²) in [5.41, 5.74) is 2.71. The lowest BCUT2D eigenvalue weighted by molar-refractivity contribution is 0.0807. The van der Waals surface area contributed by atoms with E-state index in [1.54, 1.807) is 26.4 Å². The second kappa shape index (κ2) is 8.32. The molecule has 0 amide bonds. The number of methoxy groups -OCH3 is 2. The molecule has 0 N–H and O–H groups in total. The number of ether oxygens (including phenoxy) is 2. The standard InChI is InChI=1S/C21H26N2O3/c1-15-6-4-8-17(22-15)14-23-11-5-7-16(13-23)21(24)19-10-9-18(25-2)12-20(19)26-3/h4,6,8-10,12,16H,5,7,11,13-14H2,1-3H3. The Balaban J connectivity index is 1.72. The smallest absolute Gasteiger partial charge is 0.170 e. The molecule has 2 aromatic rings. The van der Waals surface area contributed by atoms with Crippen molar-refractivity contribution in [1.29, 1.82) is 0 Å². The maximum Gasteiger partial charge on any atom is 0.170 e. The van der Waals surface area contributed by atoms with Crippen LogP contribution in [0.5, 0.6) is 11.5 Å². The molecule has 1 atom stereocenters. The SMILES string of the molecule is COc1ccc(C(=O)C2CCCN(Cc3cccc(C)n3)C2)c(OC)c1. The zero-order chi connectivity index (χ0) is 18.5. The highest BCUT2D eigenvalue weighted by Crippen LogP contribution is 2.29. The van der Waals surface area contributed by atoms with Gasteiger partial charge < -0.3 is 9.47 Å². The summed E-state index contributed by atoms with van der Waals surface area (Å²) in [6.07, 6.45) is 1.92. The average Bonchev–Trinajstić information content (AvgIpc) is 2.67. The Morgan fingerprint density at radius 2 is 2.08 bits per heavy atom. The third-order valence-electron chi connectivity index (χ3n) is 4.88. The van der Waals surface area contributed by atoms with Crippen LogP contribution in [0.2, 0.25) is 0 Å². The van der Waals surface area contributed by atoms with Gasteiger partial charge in [-0.15, -0.1) is 0 Å². The molecule has 1 aromatic carbocycles. The molecule has 5 heteroatoms. The van der Waals surface area contributed by atoms with E-state index < -0.39 is 0 Å². The first-order valence-electron chi connectivity index (χ1n) is 9.02. The van der Waals surface area contributed by atoms with Crippen LogP contribution in [0.1, 0.15) is 34.6 Å². The summed E-state index contributed by atoms with van der Waals surface area (Å²) in [5, 5.41) is 0. The topological polar surface area (TPSA) is 51.7 Å². The molecule has 3 rings (SSSR count). The highest BCUT2D eigenvalue weighted by molar-refractivity contribution is 6.00. The van der Waals surface area contributed by atoms with Crippen molar-refractivity contribution in [2.45, 2.75) is 26.3 Å². The number of Topliss-reactive ketones (excluding diaryl/α,β-unsaturated/α-hetero) is 1. The quantitative estimate of drug-likeness (QED) is 0.743. The number of ketones is 1. The van der Waals surface area contributed by atoms with Gasteiger partial charge in [0.05, 0.1) is 25.5 Å². The minimum Gasteiger partial charge on any atom is -0.497 e. The number of pyridine rings is 1. The molecule has 138 valence electrons. The van der Waals surface area contributed by atoms with Crippen molar-refractivity contribution in [3.63, 3.8) is 0 Å². The summed E-state index contributed by atoms with van der Waals surface area (Å²) in [7, 11) is 3.19. The monoisotopic (exact) mass is 354 g/mol. The fourth-order valence-corrected chi connectivity index (χ4v) is 3.55. The molecule has 0 saturated carbocycles. The van der Waals surface area contributed by atoms with Crippen molar-refractivity contribution < 1.29 is 14.3 Å². The molecule has 0 spiro atoms. The average molecular weight is 354 g/mol. The molecule has 1 saturated heterocycles. The maximum atomic E-state index is 13.1. The van der Waals surface area contributed by atoms with E-state index in [-0.39, 0.29) is 11.7 Å². The van der Waals surface area contributed by atoms with E-state index in [4.69, 9.17) is 9.47 Å². The van der Waals surface area contributed by atoms with Crippen LogP contribution in [-0.4, -0.2) is 43.0 Å². The number of carbonyl (C=O) groups is 1. The van der Waals surface area contributed by atoms with Crippen LogP contribution in [0.3, 0.4) is 0 Å². The molecule has 1 aliphatic heterocycles. The van der Waals surface area contributed by atoms with Gasteiger partial charge >= 0.3 is 0 Å². The summed E-state index contributed by atoms with van der Waals surface area (Å²) in [6, 6.07) is 11.5. The fourth-order valence-electron chi connectivity index (χ4n) is 3.55. The highest BCUT2D eigenvalue weighted by Gasteiger charge is 2.28. The Morgan fingerprint density at radius 1 is 1.23 bits per heavy atom. The van der Waals surface area contributed by atoms with E-state index in [1.165, 1.54) is 0 Å². The van der Waals surface area contributed by atoms with E-state index in [0.717, 1.165) is 43.9 Å². The molecule has 1 aromatic heterocycles. The van der Waals surface area contributed by atoms with Crippen LogP contribution in [-0.2, 0) is 6.54 Å². The number of likely N-dealkylation sites (tertiary alicyclic amines) is 1. The molecule has 2 heterocycles. The zero-order valence-electron chi connectivity index (χ0n) is 15.7. The van der Waals surface area contributed by atoms with Crippen LogP contribution in [0.15, 0.2) is 36.4 Å². The molecule has 1 fully saturated rings. The molecular weight excluding hydrogens is 328 g/mol. The van der Waals surface area contributed by atoms with Crippen LogP contribution in [0.4, 0.5) is 0 Å². The second-order valence-electron chi connectivity index (χ2n) is 6.78. The van der Waals surface area contributed by atoms with E-state index in [2.05, 4.69) is 9.88 Å². The predicted molar refractivity (Wildman–Crippen MR) is 101 cm³/mol. The number of rotatable bonds is 6. The van der Waals surface area contributed by atoms with E-state index in [1.807, 2.05) is 31.2 Å². The Hall–Kier alpha value is -2.40. The van der Waals surface area contributed by atoms with Crippen molar-refractivity contribution in [2.75, 3.05) is 27.3 Å². The Kier molecular flexibility index (Phi) is 5.89. The van der Waals surface area contributed by atoms with Crippen molar-refractivity contribution in [2.24, 2.45) is 5.92 Å². The van der Waals surface area contributed by atoms with Crippen LogP contribution in [0, 0.1) is 12.8 Å². The lowest BCUT2D eigenvalue weighted by Crippen LogP contribution is -2.38. The molecular formula is C21H26N2O3. The van der Waals surface area contributed by atoms with Crippen LogP contribution < -0.4 is 9.47 Å². The number of hydrogen-bond acceptors (Lipinski definition) is 5. The molecule has 26 heavy (non-hydrogen) atoms. The van der Waals surface area contributed by atoms with Gasteiger partial charge in [-0.2, -0.15) is 0 Å². The number of aryl methyl sites for hydroxylation is 1. The molecule has 0 radical (unpaired) electrons. The number of carbonyl (C=O) groups excluding carboxylic acids is 1. The lowest BCUT2D eigenvalue weighted by atomic mass is 9.89. The van der Waals surface area contributed by atoms with E-state index in [9.17, 15) is 4.79 Å². The highest BCUT2D eigenvalue weighted by atomic mass is 16.5. The summed E-state index contributed by atoms with van der Waals surface area (Å²) in [6.45, 7) is 4.54. The number of piperidine rings is 1. The molecule has 5 nitrogen and oxygen atoms in total. The first-order valence-corrected chi connectivity index (χ1v) is 9.02. The molecule has 0 aliphatic carbocycles. The Morgan fingerprint density at radius 3 is 2.81 bits per heavy atom. The summed E-state index contributed by atoms with van der Waals surface area (Å²) >= 11 is 0. The zero-order valence-corrected chi connectivity index (χ0v) is 15.7. The van der Waals surface area contributed by atoms with Gasteiger partial charge in [0, 0.05) is 30.8 Å². The van der Waals surface area contributed by atoms with Gasteiger partial charge in [0.1, 0.15) is 11.5 Å². The minimum atomic E-state index is -0.0177. The summed E-state index contributed by atoms with van der Waals surface area (Å²) < 4.78 is 10.6. The van der Waals surface area contributed by atoms with Crippen LogP contribution >= 0.6 is 0 Å². The van der Waals surface area contributed by atoms with E-state index >= 15 is 0 Å². The third kappa shape index (κ3) is 4.22. The van der Waals surface area contributed by atoms with Gasteiger partial charge in [0.2, 0.25) is 0 Å². The number of hydrogen-bond donors (Lipinski definition) is 0. The lowest BCUT2D eigenvalue weighted by Gasteiger charge is -2.32. The molecule has 1 aliphatic rings.